The van der Waals surface area contributed by atoms with E-state index >= 15 is 0 Å². The molecule has 0 aliphatic heterocycles. The number of ether oxygens (including phenoxy) is 1. The zero-order valence-electron chi connectivity index (χ0n) is 13.3. The fourth-order valence-electron chi connectivity index (χ4n) is 2.12. The number of likely N-dealkylation sites (N-methyl/N-ethyl adjacent to an activating group) is 1. The molecule has 108 valence electrons. The summed E-state index contributed by atoms with van der Waals surface area (Å²) in [5.41, 5.74) is 1.48. The molecule has 0 aliphatic rings. The van der Waals surface area contributed by atoms with E-state index < -0.39 is 0 Å². The normalized spacial score (nSPS) is 13.6. The first-order chi connectivity index (χ1) is 8.86. The SMILES string of the molecule is CCNC(COc1ccccc1C(C)C)C(C)(C)C. The van der Waals surface area contributed by atoms with E-state index in [4.69, 9.17) is 4.74 Å². The molecule has 1 N–H and O–H groups in total. The van der Waals surface area contributed by atoms with Crippen LogP contribution in [-0.4, -0.2) is 19.2 Å². The van der Waals surface area contributed by atoms with Crippen molar-refractivity contribution in [2.24, 2.45) is 5.41 Å². The van der Waals surface area contributed by atoms with Gasteiger partial charge in [-0.3, -0.25) is 0 Å². The maximum absolute atomic E-state index is 6.08. The fourth-order valence-corrected chi connectivity index (χ4v) is 2.12. The van der Waals surface area contributed by atoms with Gasteiger partial charge in [-0.05, 0) is 29.5 Å². The first kappa shape index (κ1) is 16.0. The molecule has 1 rings (SSSR count). The molecular weight excluding hydrogens is 234 g/mol. The molecule has 1 aromatic carbocycles. The van der Waals surface area contributed by atoms with Gasteiger partial charge in [-0.1, -0.05) is 59.7 Å². The van der Waals surface area contributed by atoms with Crippen molar-refractivity contribution in [1.82, 2.24) is 5.32 Å². The van der Waals surface area contributed by atoms with Gasteiger partial charge in [-0.15, -0.1) is 0 Å². The zero-order valence-corrected chi connectivity index (χ0v) is 13.3. The van der Waals surface area contributed by atoms with Gasteiger partial charge in [0.05, 0.1) is 0 Å². The fraction of sp³-hybridized carbons (Fsp3) is 0.647. The Morgan fingerprint density at radius 1 is 1.16 bits per heavy atom. The summed E-state index contributed by atoms with van der Waals surface area (Å²) in [5.74, 6) is 1.51. The first-order valence-electron chi connectivity index (χ1n) is 7.31. The molecule has 2 heteroatoms. The molecule has 0 amide bonds. The van der Waals surface area contributed by atoms with Crippen LogP contribution >= 0.6 is 0 Å². The van der Waals surface area contributed by atoms with Crippen molar-refractivity contribution in [3.63, 3.8) is 0 Å². The summed E-state index contributed by atoms with van der Waals surface area (Å²) < 4.78 is 6.08. The highest BCUT2D eigenvalue weighted by atomic mass is 16.5. The Labute approximate surface area is 118 Å². The van der Waals surface area contributed by atoms with Crippen molar-refractivity contribution in [1.29, 1.82) is 0 Å². The highest BCUT2D eigenvalue weighted by Gasteiger charge is 2.24. The summed E-state index contributed by atoms with van der Waals surface area (Å²) in [6.07, 6.45) is 0. The summed E-state index contributed by atoms with van der Waals surface area (Å²) in [7, 11) is 0. The summed E-state index contributed by atoms with van der Waals surface area (Å²) in [5, 5.41) is 3.52. The minimum atomic E-state index is 0.197. The van der Waals surface area contributed by atoms with Crippen molar-refractivity contribution in [3.05, 3.63) is 29.8 Å². The van der Waals surface area contributed by atoms with Gasteiger partial charge in [0.2, 0.25) is 0 Å². The first-order valence-corrected chi connectivity index (χ1v) is 7.31. The lowest BCUT2D eigenvalue weighted by Gasteiger charge is -2.31. The Morgan fingerprint density at radius 2 is 1.79 bits per heavy atom. The molecule has 0 heterocycles. The van der Waals surface area contributed by atoms with E-state index in [0.29, 0.717) is 18.6 Å². The Bertz CT molecular complexity index is 379. The highest BCUT2D eigenvalue weighted by Crippen LogP contribution is 2.27. The number of hydrogen-bond donors (Lipinski definition) is 1. The van der Waals surface area contributed by atoms with Crippen LogP contribution < -0.4 is 10.1 Å². The molecule has 1 unspecified atom stereocenters. The maximum Gasteiger partial charge on any atom is 0.122 e. The third kappa shape index (κ3) is 4.87. The van der Waals surface area contributed by atoms with Gasteiger partial charge >= 0.3 is 0 Å². The minimum Gasteiger partial charge on any atom is -0.492 e. The molecule has 0 spiro atoms. The van der Waals surface area contributed by atoms with Crippen LogP contribution in [0.1, 0.15) is 53.0 Å². The van der Waals surface area contributed by atoms with Crippen LogP contribution in [0, 0.1) is 5.41 Å². The minimum absolute atomic E-state index is 0.197. The van der Waals surface area contributed by atoms with E-state index in [2.05, 4.69) is 65.1 Å². The predicted octanol–water partition coefficient (Wildman–Crippen LogP) is 4.21. The van der Waals surface area contributed by atoms with Crippen LogP contribution in [-0.2, 0) is 0 Å². The highest BCUT2D eigenvalue weighted by molar-refractivity contribution is 5.35. The molecule has 0 bridgehead atoms. The molecule has 0 aliphatic carbocycles. The van der Waals surface area contributed by atoms with Crippen LogP contribution in [0.25, 0.3) is 0 Å². The Morgan fingerprint density at radius 3 is 2.32 bits per heavy atom. The van der Waals surface area contributed by atoms with Crippen molar-refractivity contribution < 1.29 is 4.74 Å². The van der Waals surface area contributed by atoms with Crippen molar-refractivity contribution in [2.45, 2.75) is 53.5 Å². The van der Waals surface area contributed by atoms with E-state index in [9.17, 15) is 0 Å². The summed E-state index contributed by atoms with van der Waals surface area (Å²) in [6, 6.07) is 8.70. The molecule has 0 saturated heterocycles. The van der Waals surface area contributed by atoms with Crippen molar-refractivity contribution in [3.8, 4) is 5.75 Å². The zero-order chi connectivity index (χ0) is 14.5. The van der Waals surface area contributed by atoms with Gasteiger partial charge in [0.15, 0.2) is 0 Å². The molecule has 0 aromatic heterocycles. The number of nitrogens with one attached hydrogen (secondary N) is 1. The van der Waals surface area contributed by atoms with Crippen LogP contribution in [0.3, 0.4) is 0 Å². The lowest BCUT2D eigenvalue weighted by Crippen LogP contribution is -2.44. The van der Waals surface area contributed by atoms with E-state index in [1.54, 1.807) is 0 Å². The summed E-state index contributed by atoms with van der Waals surface area (Å²) in [6.45, 7) is 15.0. The van der Waals surface area contributed by atoms with Gasteiger partial charge in [-0.25, -0.2) is 0 Å². The van der Waals surface area contributed by atoms with E-state index in [1.165, 1.54) is 5.56 Å². The van der Waals surface area contributed by atoms with Crippen LogP contribution in [0.4, 0.5) is 0 Å². The van der Waals surface area contributed by atoms with Gasteiger partial charge in [-0.2, -0.15) is 0 Å². The average molecular weight is 263 g/mol. The molecule has 0 saturated carbocycles. The topological polar surface area (TPSA) is 21.3 Å². The van der Waals surface area contributed by atoms with Crippen LogP contribution in [0.15, 0.2) is 24.3 Å². The quantitative estimate of drug-likeness (QED) is 0.830. The van der Waals surface area contributed by atoms with Crippen molar-refractivity contribution >= 4 is 0 Å². The molecule has 1 aromatic rings. The Balaban J connectivity index is 2.74. The second-order valence-electron chi connectivity index (χ2n) is 6.48. The van der Waals surface area contributed by atoms with Gasteiger partial charge in [0.1, 0.15) is 12.4 Å². The Kier molecular flexibility index (Phi) is 5.86. The number of rotatable bonds is 6. The third-order valence-electron chi connectivity index (χ3n) is 3.44. The molecule has 0 radical (unpaired) electrons. The second kappa shape index (κ2) is 6.95. The predicted molar refractivity (Wildman–Crippen MR) is 82.9 cm³/mol. The molecule has 1 atom stereocenters. The largest absolute Gasteiger partial charge is 0.492 e. The van der Waals surface area contributed by atoms with Gasteiger partial charge in [0, 0.05) is 6.04 Å². The standard InChI is InChI=1S/C17H29NO/c1-7-18-16(17(4,5)6)12-19-15-11-9-8-10-14(15)13(2)3/h8-11,13,16,18H,7,12H2,1-6H3. The van der Waals surface area contributed by atoms with Crippen LogP contribution in [0.2, 0.25) is 0 Å². The number of para-hydroxylation sites is 1. The maximum atomic E-state index is 6.08. The lowest BCUT2D eigenvalue weighted by atomic mass is 9.87. The van der Waals surface area contributed by atoms with Crippen molar-refractivity contribution in [2.75, 3.05) is 13.2 Å². The molecule has 19 heavy (non-hydrogen) atoms. The molecule has 0 fully saturated rings. The lowest BCUT2D eigenvalue weighted by molar-refractivity contribution is 0.174. The summed E-state index contributed by atoms with van der Waals surface area (Å²) >= 11 is 0. The van der Waals surface area contributed by atoms with E-state index in [1.807, 2.05) is 6.07 Å². The number of hydrogen-bond acceptors (Lipinski definition) is 2. The van der Waals surface area contributed by atoms with Crippen LogP contribution in [0.5, 0.6) is 5.75 Å². The second-order valence-corrected chi connectivity index (χ2v) is 6.48. The molecular formula is C17H29NO. The number of benzene rings is 1. The average Bonchev–Trinajstić information content (AvgIpc) is 2.33. The van der Waals surface area contributed by atoms with Gasteiger partial charge < -0.3 is 10.1 Å². The Hall–Kier alpha value is -1.02. The summed E-state index contributed by atoms with van der Waals surface area (Å²) in [4.78, 5) is 0. The monoisotopic (exact) mass is 263 g/mol. The third-order valence-corrected chi connectivity index (χ3v) is 3.44. The van der Waals surface area contributed by atoms with E-state index in [0.717, 1.165) is 12.3 Å². The van der Waals surface area contributed by atoms with E-state index in [-0.39, 0.29) is 5.41 Å². The molecule has 2 nitrogen and oxygen atoms in total. The van der Waals surface area contributed by atoms with Gasteiger partial charge in [0.25, 0.3) is 0 Å². The smallest absolute Gasteiger partial charge is 0.122 e.